The fraction of sp³-hybridized carbons (Fsp3) is 0.489. The van der Waals surface area contributed by atoms with Crippen LogP contribution in [-0.2, 0) is 56.0 Å². The molecule has 9 amide bonds. The molecule has 20 N–H and O–H groups in total. The van der Waals surface area contributed by atoms with Gasteiger partial charge in [0.2, 0.25) is 53.2 Å². The normalized spacial score (nSPS) is 20.4. The highest BCUT2D eigenvalue weighted by Crippen LogP contribution is 2.23. The summed E-state index contributed by atoms with van der Waals surface area (Å²) < 4.78 is 0. The number of guanidine groups is 2. The number of hydrogen-bond acceptors (Lipinski definition) is 14. The van der Waals surface area contributed by atoms with Gasteiger partial charge in [0.1, 0.15) is 48.0 Å². The van der Waals surface area contributed by atoms with Crippen LogP contribution in [0.15, 0.2) is 64.6 Å². The summed E-state index contributed by atoms with van der Waals surface area (Å²) in [5.74, 6) is -8.80. The number of primary amides is 2. The Morgan fingerprint density at radius 2 is 1.21 bits per heavy atom. The van der Waals surface area contributed by atoms with Gasteiger partial charge in [-0.2, -0.15) is 0 Å². The van der Waals surface area contributed by atoms with Crippen LogP contribution >= 0.6 is 21.6 Å². The molecule has 0 spiro atoms. The number of rotatable bonds is 20. The third kappa shape index (κ3) is 21.8. The van der Waals surface area contributed by atoms with E-state index in [4.69, 9.17) is 34.4 Å². The second-order valence-electron chi connectivity index (χ2n) is 17.0. The zero-order valence-corrected chi connectivity index (χ0v) is 41.7. The van der Waals surface area contributed by atoms with E-state index in [1.54, 1.807) is 56.3 Å². The zero-order chi connectivity index (χ0) is 53.3. The number of phenols is 1. The van der Waals surface area contributed by atoms with Gasteiger partial charge in [0.05, 0.1) is 6.42 Å². The van der Waals surface area contributed by atoms with Crippen LogP contribution in [0, 0.1) is 5.92 Å². The van der Waals surface area contributed by atoms with Gasteiger partial charge < -0.3 is 76.7 Å². The van der Waals surface area contributed by atoms with Crippen molar-refractivity contribution in [2.24, 2.45) is 50.3 Å². The minimum atomic E-state index is -1.69. The predicted octanol–water partition coefficient (Wildman–Crippen LogP) is -3.52. The first-order chi connectivity index (χ1) is 34.1. The smallest absolute Gasteiger partial charge is 0.244 e. The maximum atomic E-state index is 14.2. The fourth-order valence-corrected chi connectivity index (χ4v) is 9.16. The van der Waals surface area contributed by atoms with E-state index >= 15 is 0 Å². The van der Waals surface area contributed by atoms with Gasteiger partial charge in [-0.3, -0.25) is 53.1 Å². The van der Waals surface area contributed by atoms with Crippen LogP contribution in [0.2, 0.25) is 0 Å². The number of amides is 9. The van der Waals surface area contributed by atoms with E-state index in [1.807, 2.05) is 0 Å². The predicted molar refractivity (Wildman–Crippen MR) is 273 cm³/mol. The Morgan fingerprint density at radius 3 is 1.78 bits per heavy atom. The molecule has 25 nitrogen and oxygen atoms in total. The Balaban J connectivity index is 2.03. The average molecular weight is 1040 g/mol. The molecule has 0 unspecified atom stereocenters. The molecule has 0 radical (unpaired) electrons. The average Bonchev–Trinajstić information content (AvgIpc) is 3.31. The fourth-order valence-electron chi connectivity index (χ4n) is 7.01. The van der Waals surface area contributed by atoms with Gasteiger partial charge in [0.15, 0.2) is 11.9 Å². The number of aliphatic imine (C=N–C) groups is 2. The van der Waals surface area contributed by atoms with Crippen molar-refractivity contribution in [3.8, 4) is 5.75 Å². The lowest BCUT2D eigenvalue weighted by Gasteiger charge is -2.29. The van der Waals surface area contributed by atoms with Crippen LogP contribution in [0.3, 0.4) is 0 Å². The molecule has 27 heteroatoms. The number of phenolic OH excluding ortho intramolecular Hbond substituents is 1. The molecule has 1 heterocycles. The first-order valence-electron chi connectivity index (χ1n) is 23.0. The number of nitrogens with two attached hydrogens (primary N) is 6. The molecule has 0 saturated carbocycles. The minimum absolute atomic E-state index is 0.0202. The summed E-state index contributed by atoms with van der Waals surface area (Å²) in [4.78, 5) is 131. The third-order valence-corrected chi connectivity index (χ3v) is 13.2. The van der Waals surface area contributed by atoms with Gasteiger partial charge in [-0.05, 0) is 54.9 Å². The number of carbonyl (C=O) groups is 9. The van der Waals surface area contributed by atoms with Crippen molar-refractivity contribution in [3.05, 3.63) is 65.7 Å². The van der Waals surface area contributed by atoms with Crippen molar-refractivity contribution in [1.29, 1.82) is 0 Å². The van der Waals surface area contributed by atoms with Crippen molar-refractivity contribution in [2.75, 3.05) is 24.6 Å². The molecule has 0 aliphatic carbocycles. The quantitative estimate of drug-likeness (QED) is 0.0265. The minimum Gasteiger partial charge on any atom is -0.508 e. The lowest BCUT2D eigenvalue weighted by atomic mass is 9.99. The van der Waals surface area contributed by atoms with E-state index < -0.39 is 108 Å². The first-order valence-corrected chi connectivity index (χ1v) is 25.5. The van der Waals surface area contributed by atoms with Crippen LogP contribution < -0.4 is 71.6 Å². The third-order valence-electron chi connectivity index (χ3n) is 10.8. The first kappa shape index (κ1) is 59.0. The Kier molecular flexibility index (Phi) is 25.0. The maximum absolute atomic E-state index is 14.2. The molecule has 2 aromatic carbocycles. The summed E-state index contributed by atoms with van der Waals surface area (Å²) >= 11 is 0. The van der Waals surface area contributed by atoms with Gasteiger partial charge in [0.25, 0.3) is 0 Å². The summed E-state index contributed by atoms with van der Waals surface area (Å²) in [6.45, 7) is 3.39. The number of aromatic hydroxyl groups is 1. The summed E-state index contributed by atoms with van der Waals surface area (Å²) in [6, 6.07) is 5.08. The SMILES string of the molecule is CC(C)[C@@H]1NC(=O)[C@H](Cc2ccccc2)NC(=O)[C@H](Cc2ccc(O)cc2)NC(=O)CCSSC[C@@H](C(=O)N[C@@H](CCCN=C(N)N)C(=O)N[C@@H](CCCN=C(N)N)C(N)=O)NC(=O)[C@H](CC(N)=O)NC1=O. The van der Waals surface area contributed by atoms with Gasteiger partial charge in [0, 0.05) is 43.9 Å². The van der Waals surface area contributed by atoms with E-state index in [0.717, 1.165) is 21.6 Å². The van der Waals surface area contributed by atoms with Gasteiger partial charge in [-0.25, -0.2) is 0 Å². The van der Waals surface area contributed by atoms with Gasteiger partial charge in [-0.15, -0.1) is 0 Å². The molecule has 7 atom stereocenters. The van der Waals surface area contributed by atoms with E-state index in [9.17, 15) is 48.3 Å². The Labute approximate surface area is 424 Å². The molecule has 1 saturated heterocycles. The van der Waals surface area contributed by atoms with E-state index in [0.29, 0.717) is 11.1 Å². The Hall–Kier alpha value is -7.29. The van der Waals surface area contributed by atoms with Crippen molar-refractivity contribution < 1.29 is 48.3 Å². The number of hydrogen-bond donors (Lipinski definition) is 14. The molecular weight excluding hydrogens is 975 g/mol. The van der Waals surface area contributed by atoms with E-state index in [1.165, 1.54) is 12.1 Å². The van der Waals surface area contributed by atoms with Crippen molar-refractivity contribution in [1.82, 2.24) is 37.2 Å². The second-order valence-corrected chi connectivity index (χ2v) is 19.7. The molecule has 0 aromatic heterocycles. The van der Waals surface area contributed by atoms with Gasteiger partial charge in [-0.1, -0.05) is 77.9 Å². The van der Waals surface area contributed by atoms with Crippen LogP contribution in [0.1, 0.15) is 63.5 Å². The van der Waals surface area contributed by atoms with Crippen molar-refractivity contribution in [2.45, 2.75) is 108 Å². The number of nitrogens with one attached hydrogen (secondary N) is 7. The molecule has 1 aliphatic heterocycles. The Morgan fingerprint density at radius 1 is 0.667 bits per heavy atom. The highest BCUT2D eigenvalue weighted by Gasteiger charge is 2.36. The summed E-state index contributed by atoms with van der Waals surface area (Å²) in [6.07, 6.45) is -0.611. The molecule has 1 aliphatic rings. The molecule has 1 fully saturated rings. The topological polar surface area (TPSA) is 439 Å². The molecule has 394 valence electrons. The number of benzene rings is 2. The zero-order valence-electron chi connectivity index (χ0n) is 40.1. The van der Waals surface area contributed by atoms with Crippen molar-refractivity contribution in [3.63, 3.8) is 0 Å². The molecule has 3 rings (SSSR count). The molecule has 72 heavy (non-hydrogen) atoms. The van der Waals surface area contributed by atoms with Gasteiger partial charge >= 0.3 is 0 Å². The lowest BCUT2D eigenvalue weighted by molar-refractivity contribution is -0.136. The molecule has 0 bridgehead atoms. The summed E-state index contributed by atoms with van der Waals surface area (Å²) in [5.41, 5.74) is 34.1. The summed E-state index contributed by atoms with van der Waals surface area (Å²) in [7, 11) is 2.18. The second kappa shape index (κ2) is 30.4. The number of nitrogens with zero attached hydrogens (tertiary/aromatic N) is 2. The van der Waals surface area contributed by atoms with Crippen LogP contribution in [0.4, 0.5) is 0 Å². The van der Waals surface area contributed by atoms with Crippen molar-refractivity contribution >= 4 is 86.7 Å². The monoisotopic (exact) mass is 1040 g/mol. The molecular formula is C45H67N15O10S2. The highest BCUT2D eigenvalue weighted by atomic mass is 33.1. The summed E-state index contributed by atoms with van der Waals surface area (Å²) in [5, 5.41) is 28.2. The standard InChI is InChI=1S/C45H67N15O10S2/c1-24(2)36-43(70)58-32(22-34(46)62)40(67)59-33(42(69)56-29(11-7-18-53-45(50)51)38(65)55-28(37(47)64)10-6-17-52-44(48)49)23-72-71-19-16-35(63)54-30(21-26-12-14-27(61)15-13-26)39(66)57-31(41(68)60-36)20-25-8-4-3-5-9-25/h3-5,8-9,12-15,24,28-33,36,61H,6-7,10-11,16-23H2,1-2H3,(H2,46,62)(H2,47,64)(H,54,63)(H,55,65)(H,56,69)(H,57,66)(H,58,70)(H,59,67)(H,60,68)(H4,48,49,52)(H4,50,51,53)/t28-,29-,30-,31-,32-,33-,36-/m0/s1. The maximum Gasteiger partial charge on any atom is 0.244 e. The van der Waals surface area contributed by atoms with Crippen LogP contribution in [0.25, 0.3) is 0 Å². The largest absolute Gasteiger partial charge is 0.508 e. The van der Waals surface area contributed by atoms with Crippen LogP contribution in [-0.4, -0.2) is 137 Å². The van der Waals surface area contributed by atoms with Crippen LogP contribution in [0.5, 0.6) is 5.75 Å². The highest BCUT2D eigenvalue weighted by molar-refractivity contribution is 8.76. The van der Waals surface area contributed by atoms with E-state index in [2.05, 4.69) is 47.2 Å². The van der Waals surface area contributed by atoms with E-state index in [-0.39, 0.29) is 87.2 Å². The lowest BCUT2D eigenvalue weighted by Crippen LogP contribution is -2.61. The Bertz CT molecular complexity index is 2250. The molecule has 2 aromatic rings. The number of carbonyl (C=O) groups excluding carboxylic acids is 9.